The van der Waals surface area contributed by atoms with Crippen molar-refractivity contribution in [3.05, 3.63) is 187 Å². The summed E-state index contributed by atoms with van der Waals surface area (Å²) in [5.74, 6) is 0. The highest BCUT2D eigenvalue weighted by molar-refractivity contribution is 7.20. The van der Waals surface area contributed by atoms with Crippen LogP contribution in [-0.4, -0.2) is 12.6 Å². The first-order chi connectivity index (χ1) is 22.3. The molecule has 0 unspecified atom stereocenters. The van der Waals surface area contributed by atoms with Crippen LogP contribution in [0.3, 0.4) is 0 Å². The first kappa shape index (κ1) is 26.0. The monoisotopic (exact) mass is 589 g/mol. The van der Waals surface area contributed by atoms with E-state index in [1.54, 1.807) is 0 Å². The maximum Gasteiger partial charge on any atom is 0.179 e. The minimum absolute atomic E-state index is 0.981. The average Bonchev–Trinajstić information content (AvgIpc) is 3.66. The first-order valence-corrected chi connectivity index (χ1v) is 17.7. The lowest BCUT2D eigenvalue weighted by atomic mass is 10.0. The molecule has 0 amide bonds. The Balaban J connectivity index is 1.43. The second kappa shape index (κ2) is 10.3. The molecule has 1 heterocycles. The van der Waals surface area contributed by atoms with E-state index < -0.39 is 8.07 Å². The van der Waals surface area contributed by atoms with Gasteiger partial charge >= 0.3 is 0 Å². The predicted octanol–water partition coefficient (Wildman–Crippen LogP) is 7.73. The Morgan fingerprint density at radius 3 is 1.60 bits per heavy atom. The average molecular weight is 590 g/mol. The van der Waals surface area contributed by atoms with Crippen LogP contribution in [0, 0.1) is 0 Å². The van der Waals surface area contributed by atoms with Gasteiger partial charge < -0.3 is 4.57 Å². The minimum Gasteiger partial charge on any atom is -0.309 e. The van der Waals surface area contributed by atoms with E-state index in [1.165, 1.54) is 70.5 Å². The molecule has 1 aliphatic carbocycles. The van der Waals surface area contributed by atoms with Gasteiger partial charge in [0.1, 0.15) is 0 Å². The molecule has 2 heteroatoms. The molecule has 0 fully saturated rings. The van der Waals surface area contributed by atoms with Gasteiger partial charge in [-0.3, -0.25) is 0 Å². The Morgan fingerprint density at radius 2 is 0.978 bits per heavy atom. The number of benzene rings is 7. The molecule has 1 aromatic heterocycles. The SMILES string of the molecule is c1ccc(-n2c3ccc([Si](c4ccccc4)(c4ccccc4)c4ccccc4)cc3c3ccc4c(c32)-c2ccccc2C4)cc1. The quantitative estimate of drug-likeness (QED) is 0.143. The van der Waals surface area contributed by atoms with Gasteiger partial charge in [0.2, 0.25) is 0 Å². The molecule has 9 rings (SSSR count). The lowest BCUT2D eigenvalue weighted by molar-refractivity contribution is 1.18. The fraction of sp³-hybridized carbons (Fsp3) is 0.0233. The molecule has 7 aromatic carbocycles. The zero-order valence-electron chi connectivity index (χ0n) is 24.9. The smallest absolute Gasteiger partial charge is 0.179 e. The van der Waals surface area contributed by atoms with Gasteiger partial charge in [0.15, 0.2) is 8.07 Å². The Hall–Kier alpha value is -5.44. The summed E-state index contributed by atoms with van der Waals surface area (Å²) in [4.78, 5) is 0. The summed E-state index contributed by atoms with van der Waals surface area (Å²) in [5.41, 5.74) is 9.31. The second-order valence-corrected chi connectivity index (χ2v) is 15.9. The Bertz CT molecular complexity index is 2230. The number of aromatic nitrogens is 1. The van der Waals surface area contributed by atoms with Gasteiger partial charge in [0.25, 0.3) is 0 Å². The zero-order chi connectivity index (χ0) is 29.8. The summed E-state index contributed by atoms with van der Waals surface area (Å²) in [5, 5.41) is 8.18. The number of rotatable bonds is 5. The summed E-state index contributed by atoms with van der Waals surface area (Å²) in [7, 11) is -2.66. The molecule has 45 heavy (non-hydrogen) atoms. The molecule has 8 aromatic rings. The summed E-state index contributed by atoms with van der Waals surface area (Å²) < 4.78 is 2.51. The molecule has 1 aliphatic rings. The summed E-state index contributed by atoms with van der Waals surface area (Å²) in [6, 6.07) is 65.5. The number of fused-ring (bicyclic) bond motifs is 7. The largest absolute Gasteiger partial charge is 0.309 e. The highest BCUT2D eigenvalue weighted by atomic mass is 28.3. The predicted molar refractivity (Wildman–Crippen MR) is 193 cm³/mol. The van der Waals surface area contributed by atoms with Crippen molar-refractivity contribution in [2.75, 3.05) is 0 Å². The van der Waals surface area contributed by atoms with Gasteiger partial charge in [-0.2, -0.15) is 0 Å². The third-order valence-electron chi connectivity index (χ3n) is 9.75. The normalized spacial score (nSPS) is 12.4. The van der Waals surface area contributed by atoms with Crippen molar-refractivity contribution in [2.24, 2.45) is 0 Å². The van der Waals surface area contributed by atoms with Crippen LogP contribution in [0.25, 0.3) is 38.6 Å². The van der Waals surface area contributed by atoms with Gasteiger partial charge in [-0.25, -0.2) is 0 Å². The molecule has 0 aliphatic heterocycles. The van der Waals surface area contributed by atoms with Crippen molar-refractivity contribution in [3.63, 3.8) is 0 Å². The molecular formula is C43H31NSi. The van der Waals surface area contributed by atoms with Crippen LogP contribution in [0.15, 0.2) is 176 Å². The fourth-order valence-corrected chi connectivity index (χ4v) is 12.6. The van der Waals surface area contributed by atoms with Crippen molar-refractivity contribution in [2.45, 2.75) is 6.42 Å². The molecule has 0 bridgehead atoms. The van der Waals surface area contributed by atoms with Crippen LogP contribution >= 0.6 is 0 Å². The third-order valence-corrected chi connectivity index (χ3v) is 14.5. The van der Waals surface area contributed by atoms with E-state index in [9.17, 15) is 0 Å². The Labute approximate surface area is 264 Å². The highest BCUT2D eigenvalue weighted by Gasteiger charge is 2.41. The minimum atomic E-state index is -2.66. The zero-order valence-corrected chi connectivity index (χ0v) is 25.9. The van der Waals surface area contributed by atoms with E-state index in [1.807, 2.05) is 0 Å². The van der Waals surface area contributed by atoms with E-state index in [0.717, 1.165) is 6.42 Å². The van der Waals surface area contributed by atoms with Crippen LogP contribution in [0.2, 0.25) is 0 Å². The van der Waals surface area contributed by atoms with E-state index in [4.69, 9.17) is 0 Å². The third kappa shape index (κ3) is 3.86. The van der Waals surface area contributed by atoms with Crippen molar-refractivity contribution >= 4 is 50.6 Å². The van der Waals surface area contributed by atoms with Gasteiger partial charge in [-0.15, -0.1) is 0 Å². The van der Waals surface area contributed by atoms with Crippen LogP contribution in [0.5, 0.6) is 0 Å². The van der Waals surface area contributed by atoms with E-state index >= 15 is 0 Å². The van der Waals surface area contributed by atoms with Crippen molar-refractivity contribution < 1.29 is 0 Å². The van der Waals surface area contributed by atoms with Crippen molar-refractivity contribution in [3.8, 4) is 16.8 Å². The molecule has 1 nitrogen and oxygen atoms in total. The summed E-state index contributed by atoms with van der Waals surface area (Å²) in [6.07, 6.45) is 0.981. The van der Waals surface area contributed by atoms with Gasteiger partial charge in [0.05, 0.1) is 11.0 Å². The van der Waals surface area contributed by atoms with E-state index in [2.05, 4.69) is 180 Å². The molecular weight excluding hydrogens is 559 g/mol. The molecule has 0 saturated heterocycles. The molecule has 0 atom stereocenters. The standard InChI is InChI=1S/C43H31NSi/c1-5-16-33(17-6-1)44-41-28-26-37(30-40(41)39-27-25-32-29-31-15-13-14-24-38(31)42(32)43(39)44)45(34-18-7-2-8-19-34,35-20-9-3-10-21-35)36-22-11-4-12-23-36/h1-28,30H,29H2. The number of hydrogen-bond acceptors (Lipinski definition) is 0. The molecule has 212 valence electrons. The van der Waals surface area contributed by atoms with Crippen molar-refractivity contribution in [1.82, 2.24) is 4.57 Å². The van der Waals surface area contributed by atoms with Gasteiger partial charge in [-0.05, 0) is 62.1 Å². The summed E-state index contributed by atoms with van der Waals surface area (Å²) >= 11 is 0. The van der Waals surface area contributed by atoms with E-state index in [0.29, 0.717) is 0 Å². The molecule has 0 spiro atoms. The molecule has 0 saturated carbocycles. The number of para-hydroxylation sites is 1. The molecule has 0 N–H and O–H groups in total. The lowest BCUT2D eigenvalue weighted by Crippen LogP contribution is -2.74. The maximum absolute atomic E-state index is 2.66. The topological polar surface area (TPSA) is 4.93 Å². The van der Waals surface area contributed by atoms with Gasteiger partial charge in [-0.1, -0.05) is 158 Å². The summed E-state index contributed by atoms with van der Waals surface area (Å²) in [6.45, 7) is 0. The molecule has 0 radical (unpaired) electrons. The highest BCUT2D eigenvalue weighted by Crippen LogP contribution is 2.45. The number of hydrogen-bond donors (Lipinski definition) is 0. The van der Waals surface area contributed by atoms with Crippen molar-refractivity contribution in [1.29, 1.82) is 0 Å². The number of nitrogens with zero attached hydrogens (tertiary/aromatic N) is 1. The van der Waals surface area contributed by atoms with Crippen LogP contribution in [-0.2, 0) is 6.42 Å². The van der Waals surface area contributed by atoms with Crippen LogP contribution < -0.4 is 20.7 Å². The second-order valence-electron chi connectivity index (χ2n) is 12.1. The van der Waals surface area contributed by atoms with Crippen LogP contribution in [0.1, 0.15) is 11.1 Å². The lowest BCUT2D eigenvalue weighted by Gasteiger charge is -2.34. The maximum atomic E-state index is 2.53. The Kier molecular flexibility index (Phi) is 5.97. The first-order valence-electron chi connectivity index (χ1n) is 15.7. The van der Waals surface area contributed by atoms with E-state index in [-0.39, 0.29) is 0 Å². The Morgan fingerprint density at radius 1 is 0.422 bits per heavy atom. The fourth-order valence-electron chi connectivity index (χ4n) is 7.86. The van der Waals surface area contributed by atoms with Gasteiger partial charge in [0, 0.05) is 22.0 Å². The van der Waals surface area contributed by atoms with Crippen LogP contribution in [0.4, 0.5) is 0 Å².